The Morgan fingerprint density at radius 2 is 1.54 bits per heavy atom. The molecule has 3 aromatic rings. The zero-order valence-corrected chi connectivity index (χ0v) is 15.2. The number of benzene rings is 2. The van der Waals surface area contributed by atoms with Crippen LogP contribution in [-0.2, 0) is 4.79 Å². The van der Waals surface area contributed by atoms with Crippen molar-refractivity contribution in [1.29, 1.82) is 0 Å². The molecule has 28 heavy (non-hydrogen) atoms. The van der Waals surface area contributed by atoms with Crippen molar-refractivity contribution in [3.05, 3.63) is 48.5 Å². The fourth-order valence-corrected chi connectivity index (χ4v) is 2.12. The molecule has 3 rings (SSSR count). The normalized spacial score (nSPS) is 15.0. The van der Waals surface area contributed by atoms with Crippen LogP contribution < -0.4 is 10.3 Å². The number of nitrogens with one attached hydrogen (secondary N) is 3. The third kappa shape index (κ3) is 8.10. The summed E-state index contributed by atoms with van der Waals surface area (Å²) in [4.78, 5) is 17.7. The van der Waals surface area contributed by atoms with Crippen molar-refractivity contribution in [1.82, 2.24) is 4.98 Å². The summed E-state index contributed by atoms with van der Waals surface area (Å²) in [5.74, 6) is -0.0172. The summed E-state index contributed by atoms with van der Waals surface area (Å²) in [5.41, 5.74) is 1.38. The Bertz CT molecular complexity index is 944. The zero-order chi connectivity index (χ0) is 21.2. The molecule has 4 nitrogen and oxygen atoms in total. The van der Waals surface area contributed by atoms with Crippen LogP contribution in [0.15, 0.2) is 48.5 Å². The van der Waals surface area contributed by atoms with Gasteiger partial charge in [-0.25, -0.2) is 14.4 Å². The molecule has 0 aliphatic rings. The summed E-state index contributed by atoms with van der Waals surface area (Å²) in [6.07, 6.45) is 0. The molecule has 1 atom stereocenters. The standard InChI is InChI=1S/C15H11ClFN3O.F6P/c16-13(17)15(21)18-10-7-5-9(6-8-10)14-19-11-3-1-2-4-12(11)20-14;1-7(2,3,4,5)6/h1-8,13H,(H,18,21)(H,19,20);/q;-1/p+1. The van der Waals surface area contributed by atoms with Crippen molar-refractivity contribution in [3.63, 3.8) is 0 Å². The maximum absolute atomic E-state index is 12.6. The summed E-state index contributed by atoms with van der Waals surface area (Å²) < 4.78 is 71.8. The summed E-state index contributed by atoms with van der Waals surface area (Å²) in [5, 5.41) is 2.38. The third-order valence-corrected chi connectivity index (χ3v) is 3.28. The first kappa shape index (κ1) is 21.9. The van der Waals surface area contributed by atoms with Gasteiger partial charge in [0.2, 0.25) is 0 Å². The van der Waals surface area contributed by atoms with E-state index in [9.17, 15) is 34.4 Å². The minimum Gasteiger partial charge on any atom is -0.322 e. The number of rotatable bonds is 3. The molecule has 0 saturated carbocycles. The second-order valence-electron chi connectivity index (χ2n) is 5.50. The molecule has 1 unspecified atom stereocenters. The predicted molar refractivity (Wildman–Crippen MR) is 93.2 cm³/mol. The van der Waals surface area contributed by atoms with Gasteiger partial charge in [-0.05, 0) is 36.4 Å². The van der Waals surface area contributed by atoms with Crippen LogP contribution >= 0.6 is 19.4 Å². The van der Waals surface area contributed by atoms with Crippen LogP contribution in [0.1, 0.15) is 0 Å². The monoisotopic (exact) mass is 449 g/mol. The SMILES string of the molecule is F[P-](F)(F)(F)(F)F.O=C(Nc1ccc(-c2[nH]c3ccccc3[nH+]2)cc1)C(F)Cl. The molecule has 0 fully saturated rings. The molecule has 0 spiro atoms. The number of imidazole rings is 1. The Balaban J connectivity index is 0.000000345. The Labute approximate surface area is 157 Å². The summed E-state index contributed by atoms with van der Waals surface area (Å²) in [6, 6.07) is 14.9. The number of fused-ring (bicyclic) bond motifs is 1. The van der Waals surface area contributed by atoms with Gasteiger partial charge in [0.15, 0.2) is 11.0 Å². The number of halogens is 8. The number of carbonyl (C=O) groups is 1. The van der Waals surface area contributed by atoms with Gasteiger partial charge in [-0.3, -0.25) is 4.79 Å². The largest absolute Gasteiger partial charge is 0.322 e. The smallest absolute Gasteiger partial charge is 0.285 e. The van der Waals surface area contributed by atoms with Crippen LogP contribution in [0.3, 0.4) is 0 Å². The first-order valence-electron chi connectivity index (χ1n) is 7.34. The molecular weight excluding hydrogens is 438 g/mol. The van der Waals surface area contributed by atoms with E-state index < -0.39 is 19.3 Å². The number of hydrogen-bond acceptors (Lipinski definition) is 1. The average Bonchev–Trinajstić information content (AvgIpc) is 2.96. The number of anilines is 1. The van der Waals surface area contributed by atoms with E-state index in [0.717, 1.165) is 22.4 Å². The number of aromatic amines is 2. The fourth-order valence-electron chi connectivity index (χ4n) is 2.06. The Morgan fingerprint density at radius 3 is 2.04 bits per heavy atom. The fraction of sp³-hybridized carbons (Fsp3) is 0.0667. The van der Waals surface area contributed by atoms with Crippen molar-refractivity contribution in [2.75, 3.05) is 5.32 Å². The Hall–Kier alpha value is -2.39. The molecular formula is C15H12ClF7N3OP. The van der Waals surface area contributed by atoms with Gasteiger partial charge < -0.3 is 5.32 Å². The predicted octanol–water partition coefficient (Wildman–Crippen LogP) is 6.50. The molecule has 154 valence electrons. The summed E-state index contributed by atoms with van der Waals surface area (Å²) >= 11 is 5.06. The van der Waals surface area contributed by atoms with Gasteiger partial charge in [0.25, 0.3) is 17.4 Å². The van der Waals surface area contributed by atoms with Gasteiger partial charge in [0.1, 0.15) is 0 Å². The molecule has 0 saturated heterocycles. The van der Waals surface area contributed by atoms with Crippen molar-refractivity contribution >= 4 is 42.0 Å². The van der Waals surface area contributed by atoms with Crippen molar-refractivity contribution in [3.8, 4) is 11.4 Å². The maximum Gasteiger partial charge on any atom is 0.285 e. The molecule has 2 aromatic carbocycles. The molecule has 1 heterocycles. The summed E-state index contributed by atoms with van der Waals surface area (Å²) in [6.45, 7) is 0. The molecule has 0 aliphatic heterocycles. The molecule has 1 aromatic heterocycles. The van der Waals surface area contributed by atoms with Crippen LogP contribution in [0.25, 0.3) is 22.4 Å². The van der Waals surface area contributed by atoms with E-state index >= 15 is 0 Å². The Morgan fingerprint density at radius 1 is 1.00 bits per heavy atom. The van der Waals surface area contributed by atoms with Crippen molar-refractivity contribution < 1.29 is 39.4 Å². The second kappa shape index (κ2) is 6.89. The molecule has 0 radical (unpaired) electrons. The number of alkyl halides is 2. The van der Waals surface area contributed by atoms with E-state index in [1.807, 2.05) is 36.4 Å². The first-order chi connectivity index (χ1) is 12.6. The van der Waals surface area contributed by atoms with E-state index in [-0.39, 0.29) is 0 Å². The quantitative estimate of drug-likeness (QED) is 0.267. The van der Waals surface area contributed by atoms with E-state index in [1.54, 1.807) is 12.1 Å². The minimum absolute atomic E-state index is 0.489. The van der Waals surface area contributed by atoms with Gasteiger partial charge >= 0.3 is 33.0 Å². The number of hydrogen-bond donors (Lipinski definition) is 2. The molecule has 0 bridgehead atoms. The van der Waals surface area contributed by atoms with E-state index in [1.165, 1.54) is 0 Å². The van der Waals surface area contributed by atoms with Gasteiger partial charge in [-0.2, -0.15) is 0 Å². The van der Waals surface area contributed by atoms with Crippen molar-refractivity contribution in [2.45, 2.75) is 5.63 Å². The number of carbonyl (C=O) groups excluding carboxylic acids is 1. The van der Waals surface area contributed by atoms with Crippen LogP contribution in [-0.4, -0.2) is 16.5 Å². The maximum atomic E-state index is 12.6. The molecule has 0 aliphatic carbocycles. The average molecular weight is 450 g/mol. The third-order valence-electron chi connectivity index (χ3n) is 3.09. The number of aromatic nitrogens is 2. The number of H-pyrrole nitrogens is 2. The number of para-hydroxylation sites is 2. The summed E-state index contributed by atoms with van der Waals surface area (Å²) in [7, 11) is -10.7. The van der Waals surface area contributed by atoms with Crippen LogP contribution in [0.4, 0.5) is 35.3 Å². The molecule has 1 amide bonds. The van der Waals surface area contributed by atoms with Crippen LogP contribution in [0.2, 0.25) is 0 Å². The van der Waals surface area contributed by atoms with Crippen LogP contribution in [0, 0.1) is 0 Å². The van der Waals surface area contributed by atoms with Gasteiger partial charge in [-0.15, -0.1) is 0 Å². The molecule has 13 heteroatoms. The first-order valence-corrected chi connectivity index (χ1v) is 9.81. The zero-order valence-electron chi connectivity index (χ0n) is 13.6. The van der Waals surface area contributed by atoms with E-state index in [0.29, 0.717) is 5.69 Å². The van der Waals surface area contributed by atoms with E-state index in [4.69, 9.17) is 11.6 Å². The Kier molecular flexibility index (Phi) is 5.39. The second-order valence-corrected chi connectivity index (χ2v) is 7.80. The minimum atomic E-state index is -10.7. The topological polar surface area (TPSA) is 59.0 Å². The van der Waals surface area contributed by atoms with Gasteiger partial charge in [-0.1, -0.05) is 23.7 Å². The van der Waals surface area contributed by atoms with Crippen molar-refractivity contribution in [2.24, 2.45) is 0 Å². The molecule has 3 N–H and O–H groups in total. The van der Waals surface area contributed by atoms with Gasteiger partial charge in [0, 0.05) is 5.69 Å². The van der Waals surface area contributed by atoms with Crippen LogP contribution in [0.5, 0.6) is 0 Å². The number of amides is 1. The van der Waals surface area contributed by atoms with Gasteiger partial charge in [0.05, 0.1) is 5.56 Å². The van der Waals surface area contributed by atoms with E-state index in [2.05, 4.69) is 15.3 Å².